The third kappa shape index (κ3) is 2.46. The Morgan fingerprint density at radius 2 is 2.38 bits per heavy atom. The van der Waals surface area contributed by atoms with Gasteiger partial charge in [-0.1, -0.05) is 5.16 Å². The fourth-order valence-electron chi connectivity index (χ4n) is 1.21. The molecule has 2 aromatic heterocycles. The molecule has 2 rings (SSSR count). The van der Waals surface area contributed by atoms with E-state index in [0.29, 0.717) is 16.6 Å². The lowest BCUT2D eigenvalue weighted by Gasteiger charge is -1.98. The van der Waals surface area contributed by atoms with Crippen molar-refractivity contribution in [2.45, 2.75) is 20.4 Å². The highest BCUT2D eigenvalue weighted by molar-refractivity contribution is 7.12. The molecule has 0 saturated carbocycles. The summed E-state index contributed by atoms with van der Waals surface area (Å²) in [6, 6.07) is 1.85. The molecule has 0 aliphatic carbocycles. The minimum Gasteiger partial charge on any atom is -0.342 e. The lowest BCUT2D eigenvalue weighted by molar-refractivity contribution is 0.0950. The Morgan fingerprint density at radius 1 is 1.56 bits per heavy atom. The molecule has 2 aromatic rings. The molecule has 0 spiro atoms. The van der Waals surface area contributed by atoms with Crippen LogP contribution in [0.25, 0.3) is 0 Å². The van der Waals surface area contributed by atoms with Crippen molar-refractivity contribution >= 4 is 17.2 Å². The van der Waals surface area contributed by atoms with Crippen LogP contribution in [-0.4, -0.2) is 16.0 Å². The molecule has 1 amide bonds. The molecule has 0 unspecified atom stereocenters. The quantitative estimate of drug-likeness (QED) is 0.881. The van der Waals surface area contributed by atoms with Gasteiger partial charge in [0.15, 0.2) is 5.82 Å². The van der Waals surface area contributed by atoms with Gasteiger partial charge in [0.1, 0.15) is 0 Å². The number of carbonyl (C=O) groups excluding carboxylic acids is 1. The van der Waals surface area contributed by atoms with E-state index in [0.717, 1.165) is 5.56 Å². The van der Waals surface area contributed by atoms with Crippen LogP contribution in [-0.2, 0) is 6.54 Å². The van der Waals surface area contributed by atoms with E-state index in [2.05, 4.69) is 15.5 Å². The summed E-state index contributed by atoms with van der Waals surface area (Å²) < 4.78 is 4.88. The summed E-state index contributed by atoms with van der Waals surface area (Å²) in [6.07, 6.45) is 0. The second-order valence-electron chi connectivity index (χ2n) is 3.41. The van der Waals surface area contributed by atoms with E-state index in [1.807, 2.05) is 18.4 Å². The van der Waals surface area contributed by atoms with Gasteiger partial charge in [0, 0.05) is 0 Å². The number of carbonyl (C=O) groups is 1. The molecule has 84 valence electrons. The number of thiophene rings is 1. The van der Waals surface area contributed by atoms with E-state index in [-0.39, 0.29) is 12.5 Å². The summed E-state index contributed by atoms with van der Waals surface area (Å²) >= 11 is 1.42. The van der Waals surface area contributed by atoms with Gasteiger partial charge in [-0.25, -0.2) is 0 Å². The summed E-state index contributed by atoms with van der Waals surface area (Å²) in [5.74, 6) is 0.865. The van der Waals surface area contributed by atoms with Crippen molar-refractivity contribution in [2.75, 3.05) is 0 Å². The Bertz CT molecular complexity index is 504. The van der Waals surface area contributed by atoms with Crippen LogP contribution < -0.4 is 5.32 Å². The number of aryl methyl sites for hydroxylation is 2. The normalized spacial score (nSPS) is 10.4. The molecule has 16 heavy (non-hydrogen) atoms. The number of aromatic nitrogens is 2. The van der Waals surface area contributed by atoms with Crippen LogP contribution in [0.4, 0.5) is 0 Å². The maximum absolute atomic E-state index is 11.6. The van der Waals surface area contributed by atoms with Gasteiger partial charge in [0.2, 0.25) is 5.89 Å². The molecule has 0 saturated heterocycles. The van der Waals surface area contributed by atoms with Crippen molar-refractivity contribution in [3.05, 3.63) is 33.6 Å². The summed E-state index contributed by atoms with van der Waals surface area (Å²) in [7, 11) is 0. The van der Waals surface area contributed by atoms with Crippen LogP contribution in [0.2, 0.25) is 0 Å². The summed E-state index contributed by atoms with van der Waals surface area (Å²) in [6.45, 7) is 3.95. The molecule has 2 heterocycles. The van der Waals surface area contributed by atoms with Gasteiger partial charge >= 0.3 is 0 Å². The van der Waals surface area contributed by atoms with Crippen LogP contribution in [0, 0.1) is 13.8 Å². The molecule has 0 bridgehead atoms. The van der Waals surface area contributed by atoms with Gasteiger partial charge in [-0.15, -0.1) is 11.3 Å². The Labute approximate surface area is 96.5 Å². The monoisotopic (exact) mass is 237 g/mol. The standard InChI is InChI=1S/C10H11N3O2S/c1-6-3-8(16-5-6)10(14)11-4-9-12-7(2)13-15-9/h3,5H,4H2,1-2H3,(H,11,14). The predicted octanol–water partition coefficient (Wildman–Crippen LogP) is 1.68. The molecule has 0 atom stereocenters. The highest BCUT2D eigenvalue weighted by atomic mass is 32.1. The van der Waals surface area contributed by atoms with Crippen LogP contribution in [0.1, 0.15) is 27.0 Å². The molecular formula is C10H11N3O2S. The minimum atomic E-state index is -0.117. The third-order valence-corrected chi connectivity index (χ3v) is 2.97. The SMILES string of the molecule is Cc1csc(C(=O)NCc2nc(C)no2)c1. The minimum absolute atomic E-state index is 0.117. The lowest BCUT2D eigenvalue weighted by atomic mass is 10.3. The molecule has 0 fully saturated rings. The molecule has 0 aliphatic rings. The first-order valence-corrected chi connectivity index (χ1v) is 5.65. The van der Waals surface area contributed by atoms with Crippen LogP contribution in [0.3, 0.4) is 0 Å². The fourth-order valence-corrected chi connectivity index (χ4v) is 2.02. The first-order valence-electron chi connectivity index (χ1n) is 4.77. The first-order chi connectivity index (χ1) is 7.65. The highest BCUT2D eigenvalue weighted by Crippen LogP contribution is 2.13. The summed E-state index contributed by atoms with van der Waals surface area (Å²) in [4.78, 5) is 16.3. The van der Waals surface area contributed by atoms with Gasteiger partial charge in [0.25, 0.3) is 5.91 Å². The van der Waals surface area contributed by atoms with E-state index in [4.69, 9.17) is 4.52 Å². The molecule has 0 radical (unpaired) electrons. The van der Waals surface area contributed by atoms with E-state index < -0.39 is 0 Å². The number of hydrogen-bond donors (Lipinski definition) is 1. The maximum Gasteiger partial charge on any atom is 0.261 e. The fraction of sp³-hybridized carbons (Fsp3) is 0.300. The summed E-state index contributed by atoms with van der Waals surface area (Å²) in [5, 5.41) is 8.29. The van der Waals surface area contributed by atoms with Gasteiger partial charge < -0.3 is 9.84 Å². The average molecular weight is 237 g/mol. The number of amides is 1. The average Bonchev–Trinajstić information content (AvgIpc) is 2.84. The zero-order chi connectivity index (χ0) is 11.5. The smallest absolute Gasteiger partial charge is 0.261 e. The van der Waals surface area contributed by atoms with E-state index in [1.165, 1.54) is 11.3 Å². The largest absolute Gasteiger partial charge is 0.342 e. The molecular weight excluding hydrogens is 226 g/mol. The number of rotatable bonds is 3. The van der Waals surface area contributed by atoms with Gasteiger partial charge in [-0.3, -0.25) is 4.79 Å². The van der Waals surface area contributed by atoms with Gasteiger partial charge in [0.05, 0.1) is 11.4 Å². The van der Waals surface area contributed by atoms with Crippen LogP contribution >= 0.6 is 11.3 Å². The zero-order valence-electron chi connectivity index (χ0n) is 8.98. The predicted molar refractivity (Wildman–Crippen MR) is 59.3 cm³/mol. The molecule has 0 aromatic carbocycles. The second-order valence-corrected chi connectivity index (χ2v) is 4.32. The van der Waals surface area contributed by atoms with E-state index >= 15 is 0 Å². The molecule has 1 N–H and O–H groups in total. The molecule has 5 nitrogen and oxygen atoms in total. The van der Waals surface area contributed by atoms with Crippen molar-refractivity contribution in [3.63, 3.8) is 0 Å². The van der Waals surface area contributed by atoms with Gasteiger partial charge in [-0.2, -0.15) is 4.98 Å². The van der Waals surface area contributed by atoms with Crippen molar-refractivity contribution in [1.29, 1.82) is 0 Å². The van der Waals surface area contributed by atoms with Crippen molar-refractivity contribution in [3.8, 4) is 0 Å². The Balaban J connectivity index is 1.93. The third-order valence-electron chi connectivity index (χ3n) is 1.92. The van der Waals surface area contributed by atoms with Crippen molar-refractivity contribution in [2.24, 2.45) is 0 Å². The zero-order valence-corrected chi connectivity index (χ0v) is 9.80. The van der Waals surface area contributed by atoms with Gasteiger partial charge in [-0.05, 0) is 30.9 Å². The van der Waals surface area contributed by atoms with E-state index in [1.54, 1.807) is 6.92 Å². The highest BCUT2D eigenvalue weighted by Gasteiger charge is 2.09. The second kappa shape index (κ2) is 4.44. The van der Waals surface area contributed by atoms with E-state index in [9.17, 15) is 4.79 Å². The molecule has 0 aliphatic heterocycles. The lowest BCUT2D eigenvalue weighted by Crippen LogP contribution is -2.21. The van der Waals surface area contributed by atoms with Crippen molar-refractivity contribution in [1.82, 2.24) is 15.5 Å². The summed E-state index contributed by atoms with van der Waals surface area (Å²) in [5.41, 5.74) is 1.09. The molecule has 6 heteroatoms. The van der Waals surface area contributed by atoms with Crippen LogP contribution in [0.15, 0.2) is 16.0 Å². The number of hydrogen-bond acceptors (Lipinski definition) is 5. The van der Waals surface area contributed by atoms with Crippen molar-refractivity contribution < 1.29 is 9.32 Å². The topological polar surface area (TPSA) is 68.0 Å². The Morgan fingerprint density at radius 3 is 2.94 bits per heavy atom. The Kier molecular flexibility index (Phi) is 3.00. The number of nitrogens with one attached hydrogen (secondary N) is 1. The number of nitrogens with zero attached hydrogens (tertiary/aromatic N) is 2. The maximum atomic E-state index is 11.6. The first kappa shape index (κ1) is 10.8. The Hall–Kier alpha value is -1.69. The van der Waals surface area contributed by atoms with Crippen LogP contribution in [0.5, 0.6) is 0 Å².